The highest BCUT2D eigenvalue weighted by molar-refractivity contribution is 5.76. The summed E-state index contributed by atoms with van der Waals surface area (Å²) >= 11 is 0. The SMILES string of the molecule is CC1CC(C)C2C3CC(CC3C(=O)OC3COC(=O)C3)C12. The molecule has 4 nitrogen and oxygen atoms in total. The van der Waals surface area contributed by atoms with E-state index in [-0.39, 0.29) is 37.0 Å². The highest BCUT2D eigenvalue weighted by atomic mass is 16.6. The molecule has 8 unspecified atom stereocenters. The second kappa shape index (κ2) is 4.72. The van der Waals surface area contributed by atoms with Gasteiger partial charge in [-0.1, -0.05) is 13.8 Å². The molecule has 2 bridgehead atoms. The van der Waals surface area contributed by atoms with Crippen LogP contribution in [0.25, 0.3) is 0 Å². The number of hydrogen-bond donors (Lipinski definition) is 0. The molecule has 21 heavy (non-hydrogen) atoms. The molecule has 0 aromatic heterocycles. The van der Waals surface area contributed by atoms with Crippen LogP contribution in [-0.2, 0) is 19.1 Å². The number of hydrogen-bond acceptors (Lipinski definition) is 4. The molecule has 3 saturated carbocycles. The number of cyclic esters (lactones) is 1. The highest BCUT2D eigenvalue weighted by Gasteiger charge is 2.60. The number of fused-ring (bicyclic) bond motifs is 5. The first kappa shape index (κ1) is 13.6. The maximum Gasteiger partial charge on any atom is 0.309 e. The van der Waals surface area contributed by atoms with Gasteiger partial charge in [0.05, 0.1) is 12.3 Å². The van der Waals surface area contributed by atoms with Crippen LogP contribution in [0.3, 0.4) is 0 Å². The van der Waals surface area contributed by atoms with Crippen molar-refractivity contribution in [2.45, 2.75) is 45.6 Å². The van der Waals surface area contributed by atoms with Gasteiger partial charge in [-0.25, -0.2) is 0 Å². The zero-order valence-electron chi connectivity index (χ0n) is 12.8. The van der Waals surface area contributed by atoms with Crippen molar-refractivity contribution >= 4 is 11.9 Å². The summed E-state index contributed by atoms with van der Waals surface area (Å²) in [6.07, 6.45) is 3.41. The molecule has 0 aromatic rings. The van der Waals surface area contributed by atoms with Crippen molar-refractivity contribution in [2.75, 3.05) is 6.61 Å². The van der Waals surface area contributed by atoms with Crippen LogP contribution in [0.2, 0.25) is 0 Å². The van der Waals surface area contributed by atoms with Gasteiger partial charge in [-0.3, -0.25) is 9.59 Å². The topological polar surface area (TPSA) is 52.6 Å². The van der Waals surface area contributed by atoms with E-state index in [2.05, 4.69) is 13.8 Å². The minimum atomic E-state index is -0.347. The predicted octanol–water partition coefficient (Wildman–Crippen LogP) is 2.41. The number of rotatable bonds is 2. The van der Waals surface area contributed by atoms with Gasteiger partial charge in [-0.2, -0.15) is 0 Å². The zero-order chi connectivity index (χ0) is 14.7. The van der Waals surface area contributed by atoms with Crippen molar-refractivity contribution in [1.29, 1.82) is 0 Å². The Morgan fingerprint density at radius 3 is 2.62 bits per heavy atom. The van der Waals surface area contributed by atoms with Gasteiger partial charge in [0.25, 0.3) is 0 Å². The van der Waals surface area contributed by atoms with Crippen LogP contribution in [0.15, 0.2) is 0 Å². The minimum Gasteiger partial charge on any atom is -0.462 e. The minimum absolute atomic E-state index is 0.0692. The first-order valence-electron chi connectivity index (χ1n) is 8.40. The van der Waals surface area contributed by atoms with Gasteiger partial charge in [0, 0.05) is 0 Å². The molecule has 4 fully saturated rings. The number of ether oxygens (including phenoxy) is 2. The molecule has 0 N–H and O–H groups in total. The molecule has 8 atom stereocenters. The lowest BCUT2D eigenvalue weighted by atomic mass is 9.72. The van der Waals surface area contributed by atoms with Crippen LogP contribution in [0.1, 0.15) is 39.5 Å². The van der Waals surface area contributed by atoms with Gasteiger partial charge in [-0.05, 0) is 54.8 Å². The molecule has 1 aliphatic heterocycles. The first-order chi connectivity index (χ1) is 10.0. The van der Waals surface area contributed by atoms with Crippen LogP contribution in [0.5, 0.6) is 0 Å². The Bertz CT molecular complexity index is 473. The summed E-state index contributed by atoms with van der Waals surface area (Å²) in [4.78, 5) is 23.6. The fourth-order valence-electron chi connectivity index (χ4n) is 6.08. The molecule has 3 aliphatic carbocycles. The van der Waals surface area contributed by atoms with Crippen LogP contribution < -0.4 is 0 Å². The van der Waals surface area contributed by atoms with E-state index in [9.17, 15) is 9.59 Å². The number of carbonyl (C=O) groups is 2. The Kier molecular flexibility index (Phi) is 3.05. The lowest BCUT2D eigenvalue weighted by molar-refractivity contribution is -0.157. The van der Waals surface area contributed by atoms with E-state index in [1.165, 1.54) is 12.8 Å². The van der Waals surface area contributed by atoms with Crippen molar-refractivity contribution in [3.63, 3.8) is 0 Å². The van der Waals surface area contributed by atoms with Gasteiger partial charge in [0.2, 0.25) is 0 Å². The summed E-state index contributed by atoms with van der Waals surface area (Å²) < 4.78 is 10.4. The molecular weight excluding hydrogens is 268 g/mol. The third kappa shape index (κ3) is 2.01. The third-order valence-electron chi connectivity index (χ3n) is 6.60. The average molecular weight is 292 g/mol. The molecule has 0 radical (unpaired) electrons. The molecule has 116 valence electrons. The maximum atomic E-state index is 12.5. The predicted molar refractivity (Wildman–Crippen MR) is 75.1 cm³/mol. The molecule has 0 amide bonds. The van der Waals surface area contributed by atoms with E-state index < -0.39 is 0 Å². The largest absolute Gasteiger partial charge is 0.462 e. The van der Waals surface area contributed by atoms with E-state index in [0.717, 1.165) is 36.0 Å². The molecule has 4 rings (SSSR count). The molecule has 1 heterocycles. The normalized spacial score (nSPS) is 51.0. The Hall–Kier alpha value is -1.06. The van der Waals surface area contributed by atoms with Crippen molar-refractivity contribution < 1.29 is 19.1 Å². The van der Waals surface area contributed by atoms with Gasteiger partial charge in [-0.15, -0.1) is 0 Å². The highest BCUT2D eigenvalue weighted by Crippen LogP contribution is 2.64. The van der Waals surface area contributed by atoms with Crippen molar-refractivity contribution in [1.82, 2.24) is 0 Å². The Balaban J connectivity index is 1.44. The monoisotopic (exact) mass is 292 g/mol. The lowest BCUT2D eigenvalue weighted by Gasteiger charge is -2.34. The molecule has 4 aliphatic rings. The van der Waals surface area contributed by atoms with E-state index in [0.29, 0.717) is 5.92 Å². The Morgan fingerprint density at radius 1 is 1.14 bits per heavy atom. The fraction of sp³-hybridized carbons (Fsp3) is 0.882. The van der Waals surface area contributed by atoms with Crippen LogP contribution in [0, 0.1) is 41.4 Å². The summed E-state index contributed by atoms with van der Waals surface area (Å²) in [6, 6.07) is 0. The molecule has 1 saturated heterocycles. The molecule has 4 heteroatoms. The molecular formula is C17H24O4. The average Bonchev–Trinajstić information content (AvgIpc) is 3.14. The standard InChI is InChI=1S/C17H24O4/c1-8-3-9(2)16-12-4-10(15(8)16)5-13(12)17(19)21-11-6-14(18)20-7-11/h8-13,15-16H,3-7H2,1-2H3. The van der Waals surface area contributed by atoms with Gasteiger partial charge < -0.3 is 9.47 Å². The maximum absolute atomic E-state index is 12.5. The van der Waals surface area contributed by atoms with Crippen LogP contribution in [0.4, 0.5) is 0 Å². The number of esters is 2. The summed E-state index contributed by atoms with van der Waals surface area (Å²) in [6.45, 7) is 4.98. The summed E-state index contributed by atoms with van der Waals surface area (Å²) in [7, 11) is 0. The van der Waals surface area contributed by atoms with E-state index in [1.807, 2.05) is 0 Å². The lowest BCUT2D eigenvalue weighted by Crippen LogP contribution is -2.35. The van der Waals surface area contributed by atoms with Crippen molar-refractivity contribution in [3.05, 3.63) is 0 Å². The fourth-order valence-corrected chi connectivity index (χ4v) is 6.08. The Labute approximate surface area is 125 Å². The summed E-state index contributed by atoms with van der Waals surface area (Å²) in [5.41, 5.74) is 0. The van der Waals surface area contributed by atoms with E-state index >= 15 is 0 Å². The van der Waals surface area contributed by atoms with Gasteiger partial charge >= 0.3 is 11.9 Å². The van der Waals surface area contributed by atoms with Crippen molar-refractivity contribution in [2.24, 2.45) is 41.4 Å². The van der Waals surface area contributed by atoms with Crippen LogP contribution in [-0.4, -0.2) is 24.6 Å². The second-order valence-electron chi connectivity index (χ2n) is 7.79. The van der Waals surface area contributed by atoms with E-state index in [4.69, 9.17) is 9.47 Å². The molecule has 0 spiro atoms. The quantitative estimate of drug-likeness (QED) is 0.733. The van der Waals surface area contributed by atoms with Gasteiger partial charge in [0.1, 0.15) is 12.7 Å². The molecule has 0 aromatic carbocycles. The second-order valence-corrected chi connectivity index (χ2v) is 7.79. The smallest absolute Gasteiger partial charge is 0.309 e. The Morgan fingerprint density at radius 2 is 1.90 bits per heavy atom. The van der Waals surface area contributed by atoms with Crippen molar-refractivity contribution in [3.8, 4) is 0 Å². The van der Waals surface area contributed by atoms with Gasteiger partial charge in [0.15, 0.2) is 0 Å². The van der Waals surface area contributed by atoms with Crippen LogP contribution >= 0.6 is 0 Å². The summed E-state index contributed by atoms with van der Waals surface area (Å²) in [5, 5.41) is 0. The summed E-state index contributed by atoms with van der Waals surface area (Å²) in [5.74, 6) is 4.10. The zero-order valence-corrected chi connectivity index (χ0v) is 12.8. The number of carbonyl (C=O) groups excluding carboxylic acids is 2. The third-order valence-corrected chi connectivity index (χ3v) is 6.60. The van der Waals surface area contributed by atoms with E-state index in [1.54, 1.807) is 0 Å². The first-order valence-corrected chi connectivity index (χ1v) is 8.40.